The first kappa shape index (κ1) is 13.4. The Labute approximate surface area is 110 Å². The molecule has 0 aliphatic carbocycles. The van der Waals surface area contributed by atoms with Crippen molar-refractivity contribution in [2.75, 3.05) is 38.2 Å². The minimum absolute atomic E-state index is 0.368. The molecule has 1 aromatic carbocycles. The summed E-state index contributed by atoms with van der Waals surface area (Å²) < 4.78 is 5.72. The van der Waals surface area contributed by atoms with Crippen LogP contribution in [-0.4, -0.2) is 39.4 Å². The van der Waals surface area contributed by atoms with E-state index in [1.807, 2.05) is 0 Å². The van der Waals surface area contributed by atoms with E-state index in [9.17, 15) is 0 Å². The van der Waals surface area contributed by atoms with Crippen LogP contribution in [0, 0.1) is 13.8 Å². The summed E-state index contributed by atoms with van der Waals surface area (Å²) in [5.74, 6) is 0. The minimum atomic E-state index is 0.368. The van der Waals surface area contributed by atoms with Crippen LogP contribution in [0.3, 0.4) is 0 Å². The molecule has 1 fully saturated rings. The largest absolute Gasteiger partial charge is 0.376 e. The van der Waals surface area contributed by atoms with E-state index in [1.165, 1.54) is 16.8 Å². The lowest BCUT2D eigenvalue weighted by molar-refractivity contribution is 0.0250. The van der Waals surface area contributed by atoms with Crippen LogP contribution in [0.1, 0.15) is 17.5 Å². The van der Waals surface area contributed by atoms with E-state index in [1.54, 1.807) is 0 Å². The number of morpholine rings is 1. The summed E-state index contributed by atoms with van der Waals surface area (Å²) in [5.41, 5.74) is 3.95. The van der Waals surface area contributed by atoms with Gasteiger partial charge in [-0.1, -0.05) is 6.07 Å². The van der Waals surface area contributed by atoms with Crippen molar-refractivity contribution in [1.82, 2.24) is 5.32 Å². The van der Waals surface area contributed by atoms with Gasteiger partial charge in [-0.3, -0.25) is 0 Å². The summed E-state index contributed by atoms with van der Waals surface area (Å²) in [5, 5.41) is 3.37. The Balaban J connectivity index is 1.88. The number of anilines is 1. The summed E-state index contributed by atoms with van der Waals surface area (Å²) in [6.45, 7) is 8.16. The molecule has 0 spiro atoms. The van der Waals surface area contributed by atoms with Gasteiger partial charge < -0.3 is 15.0 Å². The van der Waals surface area contributed by atoms with Crippen molar-refractivity contribution in [3.63, 3.8) is 0 Å². The first-order valence-corrected chi connectivity index (χ1v) is 6.77. The van der Waals surface area contributed by atoms with Gasteiger partial charge in [-0.15, -0.1) is 0 Å². The zero-order chi connectivity index (χ0) is 13.0. The quantitative estimate of drug-likeness (QED) is 0.883. The number of hydrogen-bond donors (Lipinski definition) is 1. The van der Waals surface area contributed by atoms with Crippen LogP contribution < -0.4 is 10.2 Å². The molecule has 0 amide bonds. The zero-order valence-corrected chi connectivity index (χ0v) is 11.7. The van der Waals surface area contributed by atoms with E-state index in [0.29, 0.717) is 6.10 Å². The van der Waals surface area contributed by atoms with Gasteiger partial charge in [0.15, 0.2) is 0 Å². The van der Waals surface area contributed by atoms with Crippen LogP contribution >= 0.6 is 0 Å². The van der Waals surface area contributed by atoms with Crippen LogP contribution in [0.2, 0.25) is 0 Å². The third-order valence-corrected chi connectivity index (χ3v) is 3.44. The number of nitrogens with one attached hydrogen (secondary N) is 1. The molecule has 1 aliphatic heterocycles. The maximum absolute atomic E-state index is 5.72. The lowest BCUT2D eigenvalue weighted by atomic mass is 10.1. The summed E-state index contributed by atoms with van der Waals surface area (Å²) in [7, 11) is 2.16. The topological polar surface area (TPSA) is 24.5 Å². The van der Waals surface area contributed by atoms with Gasteiger partial charge in [0.2, 0.25) is 0 Å². The van der Waals surface area contributed by atoms with E-state index >= 15 is 0 Å². The maximum Gasteiger partial charge on any atom is 0.0716 e. The second-order valence-corrected chi connectivity index (χ2v) is 5.25. The van der Waals surface area contributed by atoms with Crippen LogP contribution in [0.15, 0.2) is 18.2 Å². The molecule has 3 heteroatoms. The molecule has 0 saturated carbocycles. The predicted octanol–water partition coefficient (Wildman–Crippen LogP) is 2.12. The van der Waals surface area contributed by atoms with Crippen molar-refractivity contribution in [2.45, 2.75) is 26.4 Å². The molecule has 0 aromatic heterocycles. The van der Waals surface area contributed by atoms with Crippen molar-refractivity contribution in [3.05, 3.63) is 29.3 Å². The number of nitrogens with zero attached hydrogens (tertiary/aromatic N) is 1. The highest BCUT2D eigenvalue weighted by Gasteiger charge is 2.14. The molecule has 1 unspecified atom stereocenters. The van der Waals surface area contributed by atoms with E-state index in [0.717, 1.165) is 32.7 Å². The van der Waals surface area contributed by atoms with Gasteiger partial charge in [-0.05, 0) is 43.5 Å². The molecule has 0 radical (unpaired) electrons. The molecular weight excluding hydrogens is 224 g/mol. The maximum atomic E-state index is 5.72. The van der Waals surface area contributed by atoms with E-state index in [2.05, 4.69) is 49.3 Å². The fourth-order valence-corrected chi connectivity index (χ4v) is 2.44. The van der Waals surface area contributed by atoms with Crippen LogP contribution in [-0.2, 0) is 4.74 Å². The molecule has 2 rings (SSSR count). The Morgan fingerprint density at radius 2 is 2.00 bits per heavy atom. The average Bonchev–Trinajstić information content (AvgIpc) is 2.36. The first-order valence-electron chi connectivity index (χ1n) is 6.77. The van der Waals surface area contributed by atoms with Gasteiger partial charge in [0.1, 0.15) is 0 Å². The Hall–Kier alpha value is -1.06. The van der Waals surface area contributed by atoms with Crippen molar-refractivity contribution < 1.29 is 4.74 Å². The zero-order valence-electron chi connectivity index (χ0n) is 11.7. The van der Waals surface area contributed by atoms with Gasteiger partial charge in [0.25, 0.3) is 0 Å². The molecule has 100 valence electrons. The number of ether oxygens (including phenoxy) is 1. The number of benzene rings is 1. The van der Waals surface area contributed by atoms with E-state index in [4.69, 9.17) is 4.74 Å². The lowest BCUT2D eigenvalue weighted by Gasteiger charge is -2.27. The highest BCUT2D eigenvalue weighted by molar-refractivity contribution is 5.50. The second kappa shape index (κ2) is 6.21. The first-order chi connectivity index (χ1) is 8.65. The Morgan fingerprint density at radius 3 is 2.61 bits per heavy atom. The molecule has 1 atom stereocenters. The molecule has 1 aliphatic rings. The number of rotatable bonds is 4. The summed E-state index contributed by atoms with van der Waals surface area (Å²) in [4.78, 5) is 2.32. The van der Waals surface area contributed by atoms with Crippen LogP contribution in [0.25, 0.3) is 0 Å². The third-order valence-electron chi connectivity index (χ3n) is 3.44. The van der Waals surface area contributed by atoms with Crippen LogP contribution in [0.4, 0.5) is 5.69 Å². The standard InChI is InChI=1S/C15H24N2O/c1-12-8-13(2)10-14(9-12)17(3)6-4-15-11-16-5-7-18-15/h8-10,15-16H,4-7,11H2,1-3H3. The molecule has 1 N–H and O–H groups in total. The van der Waals surface area contributed by atoms with E-state index in [-0.39, 0.29) is 0 Å². The van der Waals surface area contributed by atoms with Crippen LogP contribution in [0.5, 0.6) is 0 Å². The highest BCUT2D eigenvalue weighted by atomic mass is 16.5. The van der Waals surface area contributed by atoms with Gasteiger partial charge in [0.05, 0.1) is 12.7 Å². The predicted molar refractivity (Wildman–Crippen MR) is 76.4 cm³/mol. The Morgan fingerprint density at radius 1 is 1.28 bits per heavy atom. The number of hydrogen-bond acceptors (Lipinski definition) is 3. The second-order valence-electron chi connectivity index (χ2n) is 5.25. The van der Waals surface area contributed by atoms with Gasteiger partial charge in [0, 0.05) is 32.4 Å². The van der Waals surface area contributed by atoms with Gasteiger partial charge in [-0.25, -0.2) is 0 Å². The van der Waals surface area contributed by atoms with Gasteiger partial charge in [-0.2, -0.15) is 0 Å². The molecule has 18 heavy (non-hydrogen) atoms. The SMILES string of the molecule is Cc1cc(C)cc(N(C)CCC2CNCCO2)c1. The summed E-state index contributed by atoms with van der Waals surface area (Å²) in [6, 6.07) is 6.70. The number of aryl methyl sites for hydroxylation is 2. The lowest BCUT2D eigenvalue weighted by Crippen LogP contribution is -2.40. The molecule has 0 bridgehead atoms. The normalized spacial score (nSPS) is 19.8. The third kappa shape index (κ3) is 3.72. The Bertz CT molecular complexity index is 366. The molecular formula is C15H24N2O. The minimum Gasteiger partial charge on any atom is -0.376 e. The molecule has 1 aromatic rings. The fourth-order valence-electron chi connectivity index (χ4n) is 2.44. The molecule has 3 nitrogen and oxygen atoms in total. The van der Waals surface area contributed by atoms with Crippen molar-refractivity contribution >= 4 is 5.69 Å². The van der Waals surface area contributed by atoms with Crippen molar-refractivity contribution in [1.29, 1.82) is 0 Å². The highest BCUT2D eigenvalue weighted by Crippen LogP contribution is 2.18. The fraction of sp³-hybridized carbons (Fsp3) is 0.600. The van der Waals surface area contributed by atoms with E-state index < -0.39 is 0 Å². The van der Waals surface area contributed by atoms with Crippen molar-refractivity contribution in [3.8, 4) is 0 Å². The molecule has 1 heterocycles. The van der Waals surface area contributed by atoms with Crippen molar-refractivity contribution in [2.24, 2.45) is 0 Å². The molecule has 1 saturated heterocycles. The average molecular weight is 248 g/mol. The Kier molecular flexibility index (Phi) is 4.61. The van der Waals surface area contributed by atoms with Gasteiger partial charge >= 0.3 is 0 Å². The smallest absolute Gasteiger partial charge is 0.0716 e. The summed E-state index contributed by atoms with van der Waals surface area (Å²) in [6.07, 6.45) is 1.45. The summed E-state index contributed by atoms with van der Waals surface area (Å²) >= 11 is 0. The monoisotopic (exact) mass is 248 g/mol.